The van der Waals surface area contributed by atoms with Crippen molar-refractivity contribution in [3.8, 4) is 5.75 Å². The smallest absolute Gasteiger partial charge is 0.396 e. The number of fused-ring (bicyclic) bond motifs is 3. The number of nitrogens with one attached hydrogen (secondary N) is 1. The summed E-state index contributed by atoms with van der Waals surface area (Å²) in [5, 5.41) is 33.8. The molecule has 2 heterocycles. The van der Waals surface area contributed by atoms with Crippen LogP contribution in [0.5, 0.6) is 5.75 Å². The molecule has 4 N–H and O–H groups in total. The van der Waals surface area contributed by atoms with Gasteiger partial charge in [0.15, 0.2) is 5.58 Å². The Hall–Kier alpha value is -2.50. The second-order valence-corrected chi connectivity index (χ2v) is 7.73. The zero-order chi connectivity index (χ0) is 20.7. The standard InChI is InChI=1S/C19H19NO8S/c1-8(22)20-14-16(24)15(23)12(7-21)27-18(14)26-11-6-13-17(28-19(25)29-13)10-5-3-2-4-9(10)11/h2-6,12,14-16,18,21,23-24H,7H2,1H3,(H,20,22)/t12-,14-,15+,16-,18-/m0/s1. The van der Waals surface area contributed by atoms with E-state index in [1.165, 1.54) is 6.92 Å². The fourth-order valence-corrected chi connectivity index (χ4v) is 4.17. The maximum atomic E-state index is 11.7. The molecule has 1 aliphatic heterocycles. The lowest BCUT2D eigenvalue weighted by Crippen LogP contribution is -2.65. The summed E-state index contributed by atoms with van der Waals surface area (Å²) in [6.07, 6.45) is -5.12. The molecule has 29 heavy (non-hydrogen) atoms. The van der Waals surface area contributed by atoms with E-state index in [1.54, 1.807) is 30.3 Å². The Bertz CT molecular complexity index is 1110. The third-order valence-electron chi connectivity index (χ3n) is 4.80. The molecule has 4 rings (SSSR count). The van der Waals surface area contributed by atoms with Crippen molar-refractivity contribution in [2.75, 3.05) is 6.61 Å². The van der Waals surface area contributed by atoms with Crippen molar-refractivity contribution in [1.29, 1.82) is 0 Å². The Balaban J connectivity index is 1.78. The van der Waals surface area contributed by atoms with Crippen molar-refractivity contribution in [1.82, 2.24) is 5.32 Å². The molecule has 0 bridgehead atoms. The van der Waals surface area contributed by atoms with Crippen molar-refractivity contribution in [2.45, 2.75) is 37.6 Å². The minimum absolute atomic E-state index is 0.339. The lowest BCUT2D eigenvalue weighted by atomic mass is 9.97. The van der Waals surface area contributed by atoms with Gasteiger partial charge in [0.05, 0.1) is 11.3 Å². The molecule has 1 amide bonds. The van der Waals surface area contributed by atoms with E-state index in [-0.39, 0.29) is 0 Å². The van der Waals surface area contributed by atoms with Gasteiger partial charge in [-0.2, -0.15) is 0 Å². The molecule has 3 aromatic rings. The zero-order valence-corrected chi connectivity index (χ0v) is 16.1. The van der Waals surface area contributed by atoms with Crippen LogP contribution in [0.3, 0.4) is 0 Å². The van der Waals surface area contributed by atoms with Crippen LogP contribution in [0.15, 0.2) is 39.5 Å². The van der Waals surface area contributed by atoms with Gasteiger partial charge in [-0.3, -0.25) is 4.79 Å². The average molecular weight is 421 g/mol. The minimum atomic E-state index is -1.42. The van der Waals surface area contributed by atoms with Gasteiger partial charge in [-0.1, -0.05) is 35.6 Å². The summed E-state index contributed by atoms with van der Waals surface area (Å²) in [6.45, 7) is 0.715. The first-order valence-electron chi connectivity index (χ1n) is 8.90. The fraction of sp³-hybridized carbons (Fsp3) is 0.368. The Morgan fingerprint density at radius 1 is 1.24 bits per heavy atom. The predicted octanol–water partition coefficient (Wildman–Crippen LogP) is 0.330. The van der Waals surface area contributed by atoms with Crippen molar-refractivity contribution >= 4 is 38.3 Å². The number of hydrogen-bond acceptors (Lipinski definition) is 9. The van der Waals surface area contributed by atoms with E-state index < -0.39 is 48.1 Å². The summed E-state index contributed by atoms with van der Waals surface area (Å²) in [7, 11) is 0. The summed E-state index contributed by atoms with van der Waals surface area (Å²) < 4.78 is 17.5. The molecule has 0 aliphatic carbocycles. The molecule has 0 radical (unpaired) electrons. The van der Waals surface area contributed by atoms with Crippen LogP contribution in [0.1, 0.15) is 6.92 Å². The number of carbonyl (C=O) groups excluding carboxylic acids is 1. The minimum Gasteiger partial charge on any atom is -0.462 e. The molecule has 9 nitrogen and oxygen atoms in total. The van der Waals surface area contributed by atoms with Gasteiger partial charge in [0.1, 0.15) is 30.1 Å². The number of ether oxygens (including phenoxy) is 2. The molecule has 10 heteroatoms. The number of amides is 1. The topological polar surface area (TPSA) is 138 Å². The summed E-state index contributed by atoms with van der Waals surface area (Å²) >= 11 is 0.918. The number of rotatable bonds is 4. The van der Waals surface area contributed by atoms with E-state index in [0.717, 1.165) is 11.3 Å². The lowest BCUT2D eigenvalue weighted by molar-refractivity contribution is -0.244. The summed E-state index contributed by atoms with van der Waals surface area (Å²) in [4.78, 5) is 22.9. The lowest BCUT2D eigenvalue weighted by Gasteiger charge is -2.42. The second kappa shape index (κ2) is 7.73. The molecular formula is C19H19NO8S. The molecule has 0 saturated carbocycles. The highest BCUT2D eigenvalue weighted by atomic mass is 32.1. The molecule has 5 atom stereocenters. The van der Waals surface area contributed by atoms with Gasteiger partial charge in [0.25, 0.3) is 0 Å². The molecular weight excluding hydrogens is 402 g/mol. The van der Waals surface area contributed by atoms with E-state index in [4.69, 9.17) is 13.9 Å². The zero-order valence-electron chi connectivity index (χ0n) is 15.3. The molecule has 154 valence electrons. The summed E-state index contributed by atoms with van der Waals surface area (Å²) in [6, 6.07) is 7.67. The normalized spacial score (nSPS) is 27.2. The van der Waals surface area contributed by atoms with Crippen molar-refractivity contribution in [3.63, 3.8) is 0 Å². The molecule has 1 fully saturated rings. The van der Waals surface area contributed by atoms with E-state index in [1.807, 2.05) is 0 Å². The van der Waals surface area contributed by atoms with Gasteiger partial charge in [-0.05, 0) is 0 Å². The SMILES string of the molecule is CC(=O)N[C@@H]1[C@@H](Oc2cc3sc(=O)oc3c3ccccc23)O[C@@H](CO)[C@@H](O)[C@H]1O. The van der Waals surface area contributed by atoms with Crippen molar-refractivity contribution in [3.05, 3.63) is 40.1 Å². The van der Waals surface area contributed by atoms with Gasteiger partial charge in [-0.25, -0.2) is 4.79 Å². The largest absolute Gasteiger partial charge is 0.462 e. The van der Waals surface area contributed by atoms with Crippen molar-refractivity contribution < 1.29 is 34.0 Å². The van der Waals surface area contributed by atoms with Crippen molar-refractivity contribution in [2.24, 2.45) is 0 Å². The third-order valence-corrected chi connectivity index (χ3v) is 5.57. The van der Waals surface area contributed by atoms with Crippen LogP contribution in [0.4, 0.5) is 0 Å². The van der Waals surface area contributed by atoms with Crippen LogP contribution >= 0.6 is 11.3 Å². The van der Waals surface area contributed by atoms with E-state index in [9.17, 15) is 24.9 Å². The maximum absolute atomic E-state index is 11.7. The van der Waals surface area contributed by atoms with Gasteiger partial charge in [0, 0.05) is 23.8 Å². The molecule has 2 aromatic carbocycles. The average Bonchev–Trinajstić information content (AvgIpc) is 3.07. The highest BCUT2D eigenvalue weighted by Crippen LogP contribution is 2.36. The first kappa shape index (κ1) is 19.8. The first-order chi connectivity index (χ1) is 13.9. The third kappa shape index (κ3) is 3.61. The van der Waals surface area contributed by atoms with E-state index in [2.05, 4.69) is 5.32 Å². The fourth-order valence-electron chi connectivity index (χ4n) is 3.46. The van der Waals surface area contributed by atoms with Crippen LogP contribution in [0.2, 0.25) is 0 Å². The predicted molar refractivity (Wildman–Crippen MR) is 104 cm³/mol. The number of hydrogen-bond donors (Lipinski definition) is 4. The van der Waals surface area contributed by atoms with Gasteiger partial charge < -0.3 is 34.5 Å². The molecule has 0 spiro atoms. The maximum Gasteiger partial charge on any atom is 0.396 e. The number of aliphatic hydroxyl groups excluding tert-OH is 3. The first-order valence-corrected chi connectivity index (χ1v) is 9.72. The quantitative estimate of drug-likeness (QED) is 0.473. The molecule has 1 saturated heterocycles. The van der Waals surface area contributed by atoms with Crippen LogP contribution in [-0.2, 0) is 9.53 Å². The monoisotopic (exact) mass is 421 g/mol. The molecule has 1 aliphatic rings. The van der Waals surface area contributed by atoms with Crippen LogP contribution in [0.25, 0.3) is 21.1 Å². The summed E-state index contributed by atoms with van der Waals surface area (Å²) in [5.41, 5.74) is 0.439. The Morgan fingerprint density at radius 3 is 2.66 bits per heavy atom. The van der Waals surface area contributed by atoms with E-state index >= 15 is 0 Å². The van der Waals surface area contributed by atoms with Crippen LogP contribution < -0.4 is 15.0 Å². The Labute approximate surface area is 168 Å². The number of carbonyl (C=O) groups is 1. The van der Waals surface area contributed by atoms with Crippen LogP contribution in [0, 0.1) is 0 Å². The highest BCUT2D eigenvalue weighted by Gasteiger charge is 2.46. The second-order valence-electron chi connectivity index (χ2n) is 6.75. The van der Waals surface area contributed by atoms with Gasteiger partial charge in [0.2, 0.25) is 12.2 Å². The Kier molecular flexibility index (Phi) is 5.28. The van der Waals surface area contributed by atoms with Gasteiger partial charge >= 0.3 is 4.94 Å². The van der Waals surface area contributed by atoms with Crippen LogP contribution in [-0.4, -0.2) is 58.5 Å². The number of aliphatic hydroxyl groups is 3. The molecule has 0 unspecified atom stereocenters. The number of benzene rings is 2. The Morgan fingerprint density at radius 2 is 1.97 bits per heavy atom. The van der Waals surface area contributed by atoms with E-state index in [0.29, 0.717) is 26.8 Å². The summed E-state index contributed by atoms with van der Waals surface area (Å²) in [5.74, 6) is -0.111. The highest BCUT2D eigenvalue weighted by molar-refractivity contribution is 7.16. The molecule has 1 aromatic heterocycles. The van der Waals surface area contributed by atoms with Gasteiger partial charge in [-0.15, -0.1) is 0 Å².